The second-order valence-corrected chi connectivity index (χ2v) is 6.90. The number of nitrogens with one attached hydrogen (secondary N) is 2. The third-order valence-electron chi connectivity index (χ3n) is 4.50. The van der Waals surface area contributed by atoms with Crippen LogP contribution in [0, 0.1) is 0 Å². The zero-order chi connectivity index (χ0) is 14.7. The Morgan fingerprint density at radius 3 is 2.86 bits per heavy atom. The zero-order valence-electron chi connectivity index (χ0n) is 12.1. The number of benzene rings is 1. The van der Waals surface area contributed by atoms with Crippen LogP contribution in [-0.4, -0.2) is 42.5 Å². The average Bonchev–Trinajstić information content (AvgIpc) is 2.95. The molecule has 2 saturated heterocycles. The molecule has 0 radical (unpaired) electrons. The van der Waals surface area contributed by atoms with Crippen LogP contribution in [0.15, 0.2) is 28.7 Å². The molecule has 2 aliphatic heterocycles. The maximum atomic E-state index is 12.0. The molecule has 5 heteroatoms. The predicted octanol–water partition coefficient (Wildman–Crippen LogP) is 2.60. The van der Waals surface area contributed by atoms with Gasteiger partial charge in [0.2, 0.25) is 5.91 Å². The van der Waals surface area contributed by atoms with Gasteiger partial charge in [0.1, 0.15) is 0 Å². The lowest BCUT2D eigenvalue weighted by Crippen LogP contribution is -2.47. The fourth-order valence-electron chi connectivity index (χ4n) is 3.39. The van der Waals surface area contributed by atoms with Crippen LogP contribution in [0.2, 0.25) is 0 Å². The van der Waals surface area contributed by atoms with Gasteiger partial charge in [-0.3, -0.25) is 4.79 Å². The number of carbonyl (C=O) groups excluding carboxylic acids is 1. The van der Waals surface area contributed by atoms with Crippen molar-refractivity contribution >= 4 is 27.5 Å². The number of anilines is 1. The summed E-state index contributed by atoms with van der Waals surface area (Å²) in [7, 11) is 0. The molecule has 1 aromatic rings. The van der Waals surface area contributed by atoms with E-state index in [-0.39, 0.29) is 5.91 Å². The van der Waals surface area contributed by atoms with Crippen LogP contribution >= 0.6 is 15.9 Å². The third-order valence-corrected chi connectivity index (χ3v) is 5.03. The van der Waals surface area contributed by atoms with Gasteiger partial charge in [0.05, 0.1) is 6.54 Å². The second-order valence-electron chi connectivity index (χ2n) is 5.99. The first-order chi connectivity index (χ1) is 10.2. The van der Waals surface area contributed by atoms with Gasteiger partial charge in [-0.05, 0) is 63.0 Å². The van der Waals surface area contributed by atoms with Crippen molar-refractivity contribution in [3.8, 4) is 0 Å². The Hall–Kier alpha value is -0.910. The van der Waals surface area contributed by atoms with E-state index in [4.69, 9.17) is 0 Å². The van der Waals surface area contributed by atoms with Crippen LogP contribution in [0.4, 0.5) is 5.69 Å². The molecule has 2 heterocycles. The van der Waals surface area contributed by atoms with Crippen LogP contribution in [0.5, 0.6) is 0 Å². The molecular weight excluding hydrogens is 330 g/mol. The molecule has 4 nitrogen and oxygen atoms in total. The Morgan fingerprint density at radius 1 is 1.24 bits per heavy atom. The molecule has 0 aromatic heterocycles. The minimum absolute atomic E-state index is 0.0335. The van der Waals surface area contributed by atoms with E-state index in [0.29, 0.717) is 12.6 Å². The summed E-state index contributed by atoms with van der Waals surface area (Å²) in [4.78, 5) is 14.6. The van der Waals surface area contributed by atoms with Gasteiger partial charge in [-0.25, -0.2) is 0 Å². The van der Waals surface area contributed by atoms with E-state index in [9.17, 15) is 4.79 Å². The first kappa shape index (κ1) is 15.0. The van der Waals surface area contributed by atoms with Gasteiger partial charge in [0.25, 0.3) is 0 Å². The van der Waals surface area contributed by atoms with Crippen molar-refractivity contribution in [1.82, 2.24) is 10.2 Å². The molecule has 1 amide bonds. The zero-order valence-corrected chi connectivity index (χ0v) is 13.7. The highest BCUT2D eigenvalue weighted by Crippen LogP contribution is 2.26. The number of rotatable bonds is 4. The smallest absolute Gasteiger partial charge is 0.238 e. The number of piperidine rings is 1. The quantitative estimate of drug-likeness (QED) is 0.876. The molecule has 0 spiro atoms. The van der Waals surface area contributed by atoms with Crippen molar-refractivity contribution in [2.24, 2.45) is 0 Å². The number of halogens is 1. The maximum absolute atomic E-state index is 12.0. The van der Waals surface area contributed by atoms with Crippen molar-refractivity contribution in [3.63, 3.8) is 0 Å². The fraction of sp³-hybridized carbons (Fsp3) is 0.562. The first-order valence-corrected chi connectivity index (χ1v) is 8.53. The lowest BCUT2D eigenvalue weighted by atomic mass is 9.97. The van der Waals surface area contributed by atoms with Gasteiger partial charge in [0.15, 0.2) is 0 Å². The number of carbonyl (C=O) groups is 1. The third kappa shape index (κ3) is 4.05. The van der Waals surface area contributed by atoms with Crippen molar-refractivity contribution in [3.05, 3.63) is 28.7 Å². The van der Waals surface area contributed by atoms with Crippen molar-refractivity contribution < 1.29 is 4.79 Å². The monoisotopic (exact) mass is 351 g/mol. The van der Waals surface area contributed by atoms with Gasteiger partial charge in [-0.2, -0.15) is 0 Å². The van der Waals surface area contributed by atoms with Gasteiger partial charge in [0, 0.05) is 22.2 Å². The summed E-state index contributed by atoms with van der Waals surface area (Å²) in [6.07, 6.45) is 5.00. The van der Waals surface area contributed by atoms with E-state index >= 15 is 0 Å². The maximum Gasteiger partial charge on any atom is 0.238 e. The summed E-state index contributed by atoms with van der Waals surface area (Å²) < 4.78 is 1.02. The van der Waals surface area contributed by atoms with E-state index in [0.717, 1.165) is 22.6 Å². The lowest BCUT2D eigenvalue weighted by Gasteiger charge is -2.35. The first-order valence-electron chi connectivity index (χ1n) is 7.73. The Morgan fingerprint density at radius 2 is 2.05 bits per heavy atom. The van der Waals surface area contributed by atoms with E-state index in [2.05, 4.69) is 31.5 Å². The van der Waals surface area contributed by atoms with Crippen LogP contribution in [0.3, 0.4) is 0 Å². The minimum atomic E-state index is 0.0335. The standard InChI is InChI=1S/C16H22BrN3O/c17-12-3-5-13(6-4-12)19-16(21)11-18-14-7-9-20-8-1-2-15(20)10-14/h3-6,14-15,18H,1-2,7-11H2,(H,19,21). The Kier molecular flexibility index (Phi) is 4.93. The lowest BCUT2D eigenvalue weighted by molar-refractivity contribution is -0.115. The molecule has 0 bridgehead atoms. The molecule has 2 aliphatic rings. The van der Waals surface area contributed by atoms with Crippen LogP contribution < -0.4 is 10.6 Å². The van der Waals surface area contributed by atoms with Crippen LogP contribution in [-0.2, 0) is 4.79 Å². The highest BCUT2D eigenvalue weighted by atomic mass is 79.9. The SMILES string of the molecule is O=C(CNC1CCN2CCCC2C1)Nc1ccc(Br)cc1. The van der Waals surface area contributed by atoms with Gasteiger partial charge in [-0.15, -0.1) is 0 Å². The molecule has 114 valence electrons. The highest BCUT2D eigenvalue weighted by molar-refractivity contribution is 9.10. The number of fused-ring (bicyclic) bond motifs is 1. The van der Waals surface area contributed by atoms with Crippen molar-refractivity contribution in [2.75, 3.05) is 25.0 Å². The topological polar surface area (TPSA) is 44.4 Å². The fourth-order valence-corrected chi connectivity index (χ4v) is 3.65. The van der Waals surface area contributed by atoms with E-state index in [1.165, 1.54) is 32.4 Å². The summed E-state index contributed by atoms with van der Waals surface area (Å²) in [5.41, 5.74) is 0.843. The van der Waals surface area contributed by atoms with Gasteiger partial charge in [-0.1, -0.05) is 15.9 Å². The summed E-state index contributed by atoms with van der Waals surface area (Å²) in [5.74, 6) is 0.0335. The number of hydrogen-bond donors (Lipinski definition) is 2. The molecule has 2 fully saturated rings. The molecule has 3 rings (SSSR count). The minimum Gasteiger partial charge on any atom is -0.325 e. The number of nitrogens with zero attached hydrogens (tertiary/aromatic N) is 1. The van der Waals surface area contributed by atoms with E-state index in [1.807, 2.05) is 24.3 Å². The Bertz CT molecular complexity index is 491. The van der Waals surface area contributed by atoms with E-state index in [1.54, 1.807) is 0 Å². The molecule has 0 aliphatic carbocycles. The summed E-state index contributed by atoms with van der Waals surface area (Å²) in [5, 5.41) is 6.34. The largest absolute Gasteiger partial charge is 0.325 e. The molecule has 0 saturated carbocycles. The van der Waals surface area contributed by atoms with E-state index < -0.39 is 0 Å². The Balaban J connectivity index is 1.42. The molecule has 2 atom stereocenters. The average molecular weight is 352 g/mol. The number of amides is 1. The van der Waals surface area contributed by atoms with Crippen molar-refractivity contribution in [2.45, 2.75) is 37.8 Å². The summed E-state index contributed by atoms with van der Waals surface area (Å²) >= 11 is 3.39. The molecule has 2 N–H and O–H groups in total. The van der Waals surface area contributed by atoms with Gasteiger partial charge < -0.3 is 15.5 Å². The summed E-state index contributed by atoms with van der Waals surface area (Å²) in [6, 6.07) is 8.89. The van der Waals surface area contributed by atoms with Crippen molar-refractivity contribution in [1.29, 1.82) is 0 Å². The predicted molar refractivity (Wildman–Crippen MR) is 88.4 cm³/mol. The van der Waals surface area contributed by atoms with Gasteiger partial charge >= 0.3 is 0 Å². The highest BCUT2D eigenvalue weighted by Gasteiger charge is 2.31. The summed E-state index contributed by atoms with van der Waals surface area (Å²) in [6.45, 7) is 2.84. The normalized spacial score (nSPS) is 25.6. The molecule has 21 heavy (non-hydrogen) atoms. The molecule has 2 unspecified atom stereocenters. The Labute approximate surface area is 134 Å². The molecule has 1 aromatic carbocycles. The van der Waals surface area contributed by atoms with Crippen LogP contribution in [0.25, 0.3) is 0 Å². The van der Waals surface area contributed by atoms with Crippen LogP contribution in [0.1, 0.15) is 25.7 Å². The second kappa shape index (κ2) is 6.90. The molecular formula is C16H22BrN3O. The number of hydrogen-bond acceptors (Lipinski definition) is 3.